The lowest BCUT2D eigenvalue weighted by Gasteiger charge is -2.11. The first-order chi connectivity index (χ1) is 9.61. The monoisotopic (exact) mass is 402 g/mol. The first kappa shape index (κ1) is 14.9. The number of nitrogens with one attached hydrogen (secondary N) is 1. The molecular weight excluding hydrogens is 391 g/mol. The van der Waals surface area contributed by atoms with Crippen molar-refractivity contribution in [1.29, 1.82) is 0 Å². The van der Waals surface area contributed by atoms with Crippen LogP contribution in [0.2, 0.25) is 5.02 Å². The van der Waals surface area contributed by atoms with E-state index in [4.69, 9.17) is 22.5 Å². The van der Waals surface area contributed by atoms with E-state index in [0.717, 1.165) is 14.8 Å². The summed E-state index contributed by atoms with van der Waals surface area (Å²) >= 11 is 8.12. The molecule has 0 saturated heterocycles. The first-order valence-corrected chi connectivity index (χ1v) is 7.18. The third-order valence-electron chi connectivity index (χ3n) is 2.64. The third-order valence-corrected chi connectivity index (χ3v) is 3.77. The summed E-state index contributed by atoms with van der Waals surface area (Å²) in [6.07, 6.45) is 1.60. The van der Waals surface area contributed by atoms with Crippen molar-refractivity contribution in [2.45, 2.75) is 6.54 Å². The highest BCUT2D eigenvalue weighted by Gasteiger charge is 2.08. The fourth-order valence-corrected chi connectivity index (χ4v) is 2.74. The van der Waals surface area contributed by atoms with E-state index >= 15 is 0 Å². The third kappa shape index (κ3) is 3.51. The highest BCUT2D eigenvalue weighted by Crippen LogP contribution is 2.23. The molecular formula is C13H12ClIN4O. The van der Waals surface area contributed by atoms with Crippen LogP contribution >= 0.6 is 34.2 Å². The molecule has 0 amide bonds. The maximum absolute atomic E-state index is 8.76. The Kier molecular flexibility index (Phi) is 5.02. The molecule has 0 spiro atoms. The molecule has 2 rings (SSSR count). The number of nitrogens with two attached hydrogens (primary N) is 1. The lowest BCUT2D eigenvalue weighted by molar-refractivity contribution is 0.318. The second kappa shape index (κ2) is 6.76. The van der Waals surface area contributed by atoms with Crippen LogP contribution in [0.25, 0.3) is 0 Å². The fraction of sp³-hybridized carbons (Fsp3) is 0.0769. The summed E-state index contributed by atoms with van der Waals surface area (Å²) in [7, 11) is 0. The average molecular weight is 403 g/mol. The van der Waals surface area contributed by atoms with Gasteiger partial charge < -0.3 is 16.3 Å². The Morgan fingerprint density at radius 2 is 2.25 bits per heavy atom. The molecule has 1 aromatic heterocycles. The number of hydrogen-bond donors (Lipinski definition) is 3. The molecule has 104 valence electrons. The summed E-state index contributed by atoms with van der Waals surface area (Å²) in [5.41, 5.74) is 7.87. The van der Waals surface area contributed by atoms with Gasteiger partial charge in [0, 0.05) is 32.6 Å². The number of halogens is 2. The summed E-state index contributed by atoms with van der Waals surface area (Å²) in [4.78, 5) is 4.12. The number of benzene rings is 1. The van der Waals surface area contributed by atoms with Gasteiger partial charge in [0.1, 0.15) is 5.69 Å². The predicted octanol–water partition coefficient (Wildman–Crippen LogP) is 3.05. The lowest BCUT2D eigenvalue weighted by atomic mass is 10.1. The SMILES string of the molecule is N/C(=N/O)c1ncccc1CNc1ccc(Cl)cc1I. The van der Waals surface area contributed by atoms with Gasteiger partial charge in [-0.05, 0) is 46.9 Å². The summed E-state index contributed by atoms with van der Waals surface area (Å²) in [5, 5.41) is 15.7. The largest absolute Gasteiger partial charge is 0.409 e. The minimum absolute atomic E-state index is 0.00629. The van der Waals surface area contributed by atoms with Gasteiger partial charge in [0.05, 0.1) is 0 Å². The van der Waals surface area contributed by atoms with Gasteiger partial charge in [-0.2, -0.15) is 0 Å². The zero-order valence-electron chi connectivity index (χ0n) is 10.3. The predicted molar refractivity (Wildman–Crippen MR) is 88.2 cm³/mol. The van der Waals surface area contributed by atoms with Crippen molar-refractivity contribution in [2.75, 3.05) is 5.32 Å². The standard InChI is InChI=1S/C13H12ClIN4O/c14-9-3-4-11(10(15)6-9)18-7-8-2-1-5-17-12(8)13(16)19-20/h1-6,18,20H,7H2,(H2,16,19). The van der Waals surface area contributed by atoms with Gasteiger partial charge in [0.2, 0.25) is 0 Å². The van der Waals surface area contributed by atoms with Crippen molar-refractivity contribution in [3.8, 4) is 0 Å². The Bertz CT molecular complexity index is 648. The molecule has 0 aliphatic rings. The molecule has 1 heterocycles. The second-order valence-electron chi connectivity index (χ2n) is 3.97. The van der Waals surface area contributed by atoms with Crippen LogP contribution in [0.4, 0.5) is 5.69 Å². The first-order valence-electron chi connectivity index (χ1n) is 5.72. The van der Waals surface area contributed by atoms with Crippen LogP contribution < -0.4 is 11.1 Å². The summed E-state index contributed by atoms with van der Waals surface area (Å²) in [6.45, 7) is 0.511. The van der Waals surface area contributed by atoms with E-state index in [1.54, 1.807) is 12.3 Å². The number of anilines is 1. The summed E-state index contributed by atoms with van der Waals surface area (Å²) < 4.78 is 1.02. The van der Waals surface area contributed by atoms with Crippen LogP contribution in [0.5, 0.6) is 0 Å². The van der Waals surface area contributed by atoms with Crippen molar-refractivity contribution >= 4 is 45.7 Å². The molecule has 0 radical (unpaired) electrons. The highest BCUT2D eigenvalue weighted by molar-refractivity contribution is 14.1. The maximum Gasteiger partial charge on any atom is 0.189 e. The Labute approximate surface area is 135 Å². The molecule has 0 aliphatic carbocycles. The van der Waals surface area contributed by atoms with Crippen molar-refractivity contribution in [1.82, 2.24) is 4.98 Å². The molecule has 5 nitrogen and oxygen atoms in total. The molecule has 0 atom stereocenters. The number of pyridine rings is 1. The molecule has 1 aromatic carbocycles. The lowest BCUT2D eigenvalue weighted by Crippen LogP contribution is -2.18. The van der Waals surface area contributed by atoms with Gasteiger partial charge in [-0.15, -0.1) is 0 Å². The molecule has 7 heteroatoms. The molecule has 0 saturated carbocycles. The molecule has 0 aliphatic heterocycles. The Hall–Kier alpha value is -1.54. The minimum Gasteiger partial charge on any atom is -0.409 e. The van der Waals surface area contributed by atoms with Crippen molar-refractivity contribution in [3.63, 3.8) is 0 Å². The molecule has 0 bridgehead atoms. The summed E-state index contributed by atoms with van der Waals surface area (Å²) in [5.74, 6) is -0.00629. The Balaban J connectivity index is 2.19. The van der Waals surface area contributed by atoms with E-state index in [1.807, 2.05) is 24.3 Å². The van der Waals surface area contributed by atoms with Crippen LogP contribution in [0.15, 0.2) is 41.7 Å². The van der Waals surface area contributed by atoms with Gasteiger partial charge in [-0.25, -0.2) is 0 Å². The molecule has 0 unspecified atom stereocenters. The van der Waals surface area contributed by atoms with Crippen LogP contribution in [0.1, 0.15) is 11.3 Å². The fourth-order valence-electron chi connectivity index (χ4n) is 1.68. The van der Waals surface area contributed by atoms with Crippen LogP contribution in [0, 0.1) is 3.57 Å². The zero-order chi connectivity index (χ0) is 14.5. The summed E-state index contributed by atoms with van der Waals surface area (Å²) in [6, 6.07) is 9.27. The van der Waals surface area contributed by atoms with Crippen molar-refractivity contribution in [2.24, 2.45) is 10.9 Å². The van der Waals surface area contributed by atoms with E-state index in [-0.39, 0.29) is 5.84 Å². The Morgan fingerprint density at radius 3 is 2.95 bits per heavy atom. The van der Waals surface area contributed by atoms with Gasteiger partial charge in [-0.1, -0.05) is 22.8 Å². The topological polar surface area (TPSA) is 83.5 Å². The molecule has 4 N–H and O–H groups in total. The van der Waals surface area contributed by atoms with Crippen molar-refractivity contribution in [3.05, 3.63) is 56.4 Å². The number of hydrogen-bond acceptors (Lipinski definition) is 4. The minimum atomic E-state index is -0.00629. The van der Waals surface area contributed by atoms with E-state index in [0.29, 0.717) is 17.3 Å². The van der Waals surface area contributed by atoms with Gasteiger partial charge in [0.15, 0.2) is 5.84 Å². The maximum atomic E-state index is 8.76. The average Bonchev–Trinajstić information content (AvgIpc) is 2.46. The van der Waals surface area contributed by atoms with E-state index in [1.165, 1.54) is 0 Å². The highest BCUT2D eigenvalue weighted by atomic mass is 127. The molecule has 20 heavy (non-hydrogen) atoms. The van der Waals surface area contributed by atoms with Crippen LogP contribution in [-0.2, 0) is 6.54 Å². The normalized spacial score (nSPS) is 11.4. The second-order valence-corrected chi connectivity index (χ2v) is 5.57. The van der Waals surface area contributed by atoms with Crippen molar-refractivity contribution < 1.29 is 5.21 Å². The van der Waals surface area contributed by atoms with E-state index in [9.17, 15) is 0 Å². The zero-order valence-corrected chi connectivity index (χ0v) is 13.3. The van der Waals surface area contributed by atoms with Gasteiger partial charge >= 0.3 is 0 Å². The quantitative estimate of drug-likeness (QED) is 0.241. The number of aromatic nitrogens is 1. The smallest absolute Gasteiger partial charge is 0.189 e. The molecule has 0 fully saturated rings. The Morgan fingerprint density at radius 1 is 1.45 bits per heavy atom. The van der Waals surface area contributed by atoms with Crippen LogP contribution in [0.3, 0.4) is 0 Å². The number of rotatable bonds is 4. The van der Waals surface area contributed by atoms with Crippen LogP contribution in [-0.4, -0.2) is 16.0 Å². The van der Waals surface area contributed by atoms with E-state index in [2.05, 4.69) is 38.0 Å². The van der Waals surface area contributed by atoms with E-state index < -0.39 is 0 Å². The van der Waals surface area contributed by atoms with Gasteiger partial charge in [-0.3, -0.25) is 4.98 Å². The number of nitrogens with zero attached hydrogens (tertiary/aromatic N) is 2. The molecule has 2 aromatic rings. The number of amidine groups is 1. The van der Waals surface area contributed by atoms with Gasteiger partial charge in [0.25, 0.3) is 0 Å². The number of oxime groups is 1.